The number of aryl methyl sites for hydroxylation is 2. The van der Waals surface area contributed by atoms with Gasteiger partial charge in [-0.05, 0) is 36.4 Å². The minimum Gasteiger partial charge on any atom is -0.370 e. The maximum Gasteiger partial charge on any atom is 0.0876 e. The van der Waals surface area contributed by atoms with E-state index in [1.54, 1.807) is 0 Å². The summed E-state index contributed by atoms with van der Waals surface area (Å²) in [5.41, 5.74) is 7.18. The third-order valence-electron chi connectivity index (χ3n) is 5.77. The molecule has 0 saturated carbocycles. The van der Waals surface area contributed by atoms with Gasteiger partial charge >= 0.3 is 0 Å². The zero-order valence-corrected chi connectivity index (χ0v) is 18.9. The Hall–Kier alpha value is -1.60. The lowest BCUT2D eigenvalue weighted by atomic mass is 10.1. The molecule has 5 rings (SSSR count). The molecule has 3 heterocycles. The fourth-order valence-corrected chi connectivity index (χ4v) is 5.00. The lowest BCUT2D eigenvalue weighted by Crippen LogP contribution is -2.09. The molecule has 2 aromatic carbocycles. The molecule has 6 heteroatoms. The van der Waals surface area contributed by atoms with E-state index in [-0.39, 0.29) is 0 Å². The molecule has 144 valence electrons. The third-order valence-corrected chi connectivity index (χ3v) is 6.75. The third kappa shape index (κ3) is 2.86. The Morgan fingerprint density at radius 3 is 1.54 bits per heavy atom. The second-order valence-electron chi connectivity index (χ2n) is 7.28. The Morgan fingerprint density at radius 2 is 1.11 bits per heavy atom. The fourth-order valence-electron chi connectivity index (χ4n) is 4.28. The highest BCUT2D eigenvalue weighted by atomic mass is 79.9. The van der Waals surface area contributed by atoms with Crippen molar-refractivity contribution in [3.8, 4) is 0 Å². The monoisotopic (exact) mass is 502 g/mol. The number of halogens is 2. The number of benzene rings is 2. The highest BCUT2D eigenvalue weighted by Gasteiger charge is 2.21. The highest BCUT2D eigenvalue weighted by molar-refractivity contribution is 9.10. The van der Waals surface area contributed by atoms with Crippen molar-refractivity contribution in [1.82, 2.24) is 9.13 Å². The SMILES string of the molecule is Cn1c2c(c3cc(Br)ccc31)COCc1c(c3cc(Br)ccc3n1C)COC2. The predicted molar refractivity (Wildman–Crippen MR) is 118 cm³/mol. The normalized spacial score (nSPS) is 15.0. The van der Waals surface area contributed by atoms with Gasteiger partial charge < -0.3 is 18.6 Å². The number of fused-ring (bicyclic) bond motifs is 6. The second-order valence-corrected chi connectivity index (χ2v) is 9.11. The van der Waals surface area contributed by atoms with Crippen molar-refractivity contribution in [2.45, 2.75) is 26.4 Å². The van der Waals surface area contributed by atoms with E-state index in [4.69, 9.17) is 9.47 Å². The van der Waals surface area contributed by atoms with Gasteiger partial charge in [-0.1, -0.05) is 31.9 Å². The van der Waals surface area contributed by atoms with Crippen molar-refractivity contribution in [3.63, 3.8) is 0 Å². The first-order chi connectivity index (χ1) is 13.5. The average Bonchev–Trinajstić information content (AvgIpc) is 3.09. The lowest BCUT2D eigenvalue weighted by molar-refractivity contribution is 0.0766. The minimum atomic E-state index is 0.561. The van der Waals surface area contributed by atoms with Crippen LogP contribution < -0.4 is 0 Å². The summed E-state index contributed by atoms with van der Waals surface area (Å²) < 4.78 is 19.1. The van der Waals surface area contributed by atoms with Gasteiger partial charge in [-0.25, -0.2) is 0 Å². The van der Waals surface area contributed by atoms with Gasteiger partial charge in [-0.15, -0.1) is 0 Å². The molecular formula is C22H20Br2N2O2. The van der Waals surface area contributed by atoms with Gasteiger partial charge in [0, 0.05) is 67.4 Å². The molecule has 0 bridgehead atoms. The van der Waals surface area contributed by atoms with Gasteiger partial charge in [0.05, 0.1) is 26.4 Å². The first-order valence-electron chi connectivity index (χ1n) is 9.21. The Labute approximate surface area is 180 Å². The van der Waals surface area contributed by atoms with Crippen LogP contribution in [0.1, 0.15) is 22.5 Å². The van der Waals surface area contributed by atoms with Crippen LogP contribution in [0.25, 0.3) is 21.8 Å². The number of aromatic nitrogens is 2. The summed E-state index contributed by atoms with van der Waals surface area (Å²) in [6, 6.07) is 12.8. The Morgan fingerprint density at radius 1 is 0.679 bits per heavy atom. The molecule has 0 saturated heterocycles. The fraction of sp³-hybridized carbons (Fsp3) is 0.273. The maximum atomic E-state index is 6.25. The van der Waals surface area contributed by atoms with Gasteiger partial charge in [0.2, 0.25) is 0 Å². The summed E-state index contributed by atoms with van der Waals surface area (Å²) in [4.78, 5) is 0. The van der Waals surface area contributed by atoms with E-state index in [2.05, 4.69) is 91.5 Å². The quantitative estimate of drug-likeness (QED) is 0.297. The van der Waals surface area contributed by atoms with Crippen LogP contribution in [-0.2, 0) is 50.0 Å². The zero-order chi connectivity index (χ0) is 19.4. The van der Waals surface area contributed by atoms with E-state index >= 15 is 0 Å². The first kappa shape index (κ1) is 18.4. The van der Waals surface area contributed by atoms with Crippen LogP contribution in [0.2, 0.25) is 0 Å². The van der Waals surface area contributed by atoms with E-state index in [1.807, 2.05) is 0 Å². The number of rotatable bonds is 0. The molecule has 0 amide bonds. The van der Waals surface area contributed by atoms with Crippen LogP contribution in [0.4, 0.5) is 0 Å². The molecule has 0 fully saturated rings. The van der Waals surface area contributed by atoms with Crippen molar-refractivity contribution < 1.29 is 9.47 Å². The van der Waals surface area contributed by atoms with Crippen LogP contribution in [-0.4, -0.2) is 9.13 Å². The summed E-state index contributed by atoms with van der Waals surface area (Å²) in [6.45, 7) is 2.25. The van der Waals surface area contributed by atoms with Crippen LogP contribution in [0.15, 0.2) is 45.3 Å². The molecule has 0 atom stereocenters. The molecule has 2 aromatic heterocycles. The number of ether oxygens (including phenoxy) is 2. The van der Waals surface area contributed by atoms with Crippen LogP contribution in [0.5, 0.6) is 0 Å². The molecule has 4 aromatic rings. The molecule has 0 unspecified atom stereocenters. The maximum absolute atomic E-state index is 6.25. The van der Waals surface area contributed by atoms with Crippen molar-refractivity contribution in [3.05, 3.63) is 67.9 Å². The largest absolute Gasteiger partial charge is 0.370 e. The van der Waals surface area contributed by atoms with Crippen molar-refractivity contribution in [2.75, 3.05) is 0 Å². The molecule has 1 aliphatic rings. The summed E-state index contributed by atoms with van der Waals surface area (Å²) in [5.74, 6) is 0. The predicted octanol–water partition coefficient (Wildman–Crippen LogP) is 5.94. The van der Waals surface area contributed by atoms with Crippen molar-refractivity contribution in [1.29, 1.82) is 0 Å². The number of hydrogen-bond donors (Lipinski definition) is 0. The molecule has 4 nitrogen and oxygen atoms in total. The second kappa shape index (κ2) is 7.02. The topological polar surface area (TPSA) is 28.3 Å². The summed E-state index contributed by atoms with van der Waals surface area (Å²) >= 11 is 7.20. The van der Waals surface area contributed by atoms with Gasteiger partial charge in [-0.3, -0.25) is 0 Å². The number of nitrogens with zero attached hydrogens (tertiary/aromatic N) is 2. The van der Waals surface area contributed by atoms with E-state index < -0.39 is 0 Å². The van der Waals surface area contributed by atoms with Gasteiger partial charge in [0.25, 0.3) is 0 Å². The highest BCUT2D eigenvalue weighted by Crippen LogP contribution is 2.33. The molecule has 28 heavy (non-hydrogen) atoms. The summed E-state index contributed by atoms with van der Waals surface area (Å²) in [6.07, 6.45) is 0. The molecule has 0 radical (unpaired) electrons. The molecule has 0 aliphatic carbocycles. The van der Waals surface area contributed by atoms with Gasteiger partial charge in [0.1, 0.15) is 0 Å². The standard InChI is InChI=1S/C22H20Br2N2O2/c1-25-19-5-3-13(23)7-15(19)17-9-28-12-22-18(10-27-11-21(17)25)16-8-14(24)4-6-20(16)26(22)2/h3-8H,9-12H2,1-2H3. The Bertz CT molecular complexity index is 1130. The molecule has 1 aliphatic heterocycles. The van der Waals surface area contributed by atoms with E-state index in [0.717, 1.165) is 8.95 Å². The molecule has 0 N–H and O–H groups in total. The Kier molecular flexibility index (Phi) is 4.62. The van der Waals surface area contributed by atoms with Gasteiger partial charge in [-0.2, -0.15) is 0 Å². The smallest absolute Gasteiger partial charge is 0.0876 e. The number of hydrogen-bond acceptors (Lipinski definition) is 2. The van der Waals surface area contributed by atoms with Gasteiger partial charge in [0.15, 0.2) is 0 Å². The van der Waals surface area contributed by atoms with Crippen molar-refractivity contribution >= 4 is 53.7 Å². The average molecular weight is 504 g/mol. The summed E-state index contributed by atoms with van der Waals surface area (Å²) in [7, 11) is 4.20. The molecular weight excluding hydrogens is 484 g/mol. The Balaban J connectivity index is 1.60. The van der Waals surface area contributed by atoms with E-state index in [1.165, 1.54) is 44.3 Å². The minimum absolute atomic E-state index is 0.561. The van der Waals surface area contributed by atoms with Crippen LogP contribution in [0, 0.1) is 0 Å². The molecule has 0 spiro atoms. The van der Waals surface area contributed by atoms with E-state index in [9.17, 15) is 0 Å². The zero-order valence-electron chi connectivity index (χ0n) is 15.8. The lowest BCUT2D eigenvalue weighted by Gasteiger charge is -2.14. The summed E-state index contributed by atoms with van der Waals surface area (Å²) in [5, 5.41) is 2.44. The van der Waals surface area contributed by atoms with Crippen LogP contribution in [0.3, 0.4) is 0 Å². The first-order valence-corrected chi connectivity index (χ1v) is 10.8. The van der Waals surface area contributed by atoms with E-state index in [0.29, 0.717) is 26.4 Å². The van der Waals surface area contributed by atoms with Crippen LogP contribution >= 0.6 is 31.9 Å². The van der Waals surface area contributed by atoms with Crippen molar-refractivity contribution in [2.24, 2.45) is 14.1 Å².